The van der Waals surface area contributed by atoms with Crippen LogP contribution < -0.4 is 22.1 Å². The molecule has 8 nitrogen and oxygen atoms in total. The van der Waals surface area contributed by atoms with E-state index in [9.17, 15) is 19.2 Å². The number of para-hydroxylation sites is 1. The van der Waals surface area contributed by atoms with Crippen molar-refractivity contribution in [3.8, 4) is 5.69 Å². The minimum Gasteiger partial charge on any atom is -0.306 e. The number of fused-ring (bicyclic) bond motifs is 1. The van der Waals surface area contributed by atoms with Crippen LogP contribution in [-0.4, -0.2) is 21.4 Å². The molecule has 0 aliphatic heterocycles. The van der Waals surface area contributed by atoms with Gasteiger partial charge in [0, 0.05) is 11.5 Å². The second-order valence-electron chi connectivity index (χ2n) is 6.26. The Morgan fingerprint density at radius 2 is 1.70 bits per heavy atom. The molecule has 8 heteroatoms. The molecule has 0 fully saturated rings. The van der Waals surface area contributed by atoms with Gasteiger partial charge in [-0.15, -0.1) is 0 Å². The Kier molecular flexibility index (Phi) is 4.89. The number of aromatic nitrogens is 2. The van der Waals surface area contributed by atoms with Crippen molar-refractivity contribution >= 4 is 22.7 Å². The smallest absolute Gasteiger partial charge is 0.306 e. The Morgan fingerprint density at radius 1 is 1.00 bits per heavy atom. The first-order valence-electron chi connectivity index (χ1n) is 8.33. The van der Waals surface area contributed by atoms with Gasteiger partial charge in [0.2, 0.25) is 5.91 Å². The molecule has 3 rings (SSSR count). The maximum absolute atomic E-state index is 12.7. The molecular weight excluding hydrogens is 348 g/mol. The standard InChI is InChI=1S/C19H18N4O4/c1-11(2)16(24)21-22-17(25)12-8-9-14-15(10-12)20-19(27)23(18(14)26)13-6-4-3-5-7-13/h3-11H,1-2H3,(H,20,27)(H,21,24)(H,22,25). The third-order valence-electron chi connectivity index (χ3n) is 4.00. The molecule has 0 spiro atoms. The number of carbonyl (C=O) groups excluding carboxylic acids is 2. The number of hydrogen-bond donors (Lipinski definition) is 3. The zero-order chi connectivity index (χ0) is 19.6. The van der Waals surface area contributed by atoms with Crippen molar-refractivity contribution in [3.05, 3.63) is 74.9 Å². The van der Waals surface area contributed by atoms with Gasteiger partial charge in [-0.1, -0.05) is 32.0 Å². The minimum atomic E-state index is -0.607. The van der Waals surface area contributed by atoms with Crippen LogP contribution in [0.4, 0.5) is 0 Å². The number of nitrogens with zero attached hydrogens (tertiary/aromatic N) is 1. The summed E-state index contributed by atoms with van der Waals surface area (Å²) < 4.78 is 1.03. The number of hydrazine groups is 1. The van der Waals surface area contributed by atoms with Gasteiger partial charge >= 0.3 is 5.69 Å². The van der Waals surface area contributed by atoms with Gasteiger partial charge in [-0.2, -0.15) is 0 Å². The number of nitrogens with one attached hydrogen (secondary N) is 3. The Bertz CT molecular complexity index is 1130. The maximum Gasteiger partial charge on any atom is 0.333 e. The first-order chi connectivity index (χ1) is 12.9. The van der Waals surface area contributed by atoms with E-state index in [1.165, 1.54) is 18.2 Å². The van der Waals surface area contributed by atoms with Gasteiger partial charge in [0.15, 0.2) is 0 Å². The van der Waals surface area contributed by atoms with Gasteiger partial charge in [-0.3, -0.25) is 25.2 Å². The van der Waals surface area contributed by atoms with Crippen molar-refractivity contribution in [3.63, 3.8) is 0 Å². The van der Waals surface area contributed by atoms with Crippen LogP contribution in [0.25, 0.3) is 16.6 Å². The second-order valence-corrected chi connectivity index (χ2v) is 6.26. The largest absolute Gasteiger partial charge is 0.333 e. The predicted octanol–water partition coefficient (Wildman–Crippen LogP) is 1.10. The number of benzene rings is 2. The van der Waals surface area contributed by atoms with Crippen LogP contribution in [0, 0.1) is 5.92 Å². The molecule has 0 saturated carbocycles. The van der Waals surface area contributed by atoms with Gasteiger partial charge in [0.25, 0.3) is 11.5 Å². The highest BCUT2D eigenvalue weighted by Gasteiger charge is 2.13. The van der Waals surface area contributed by atoms with Crippen LogP contribution in [0.3, 0.4) is 0 Å². The second kappa shape index (κ2) is 7.28. The molecule has 0 saturated heterocycles. The summed E-state index contributed by atoms with van der Waals surface area (Å²) in [5.41, 5.74) is 4.39. The molecule has 0 aliphatic carbocycles. The van der Waals surface area contributed by atoms with Crippen LogP contribution in [0.5, 0.6) is 0 Å². The van der Waals surface area contributed by atoms with E-state index < -0.39 is 17.2 Å². The molecule has 0 aliphatic rings. The summed E-state index contributed by atoms with van der Waals surface area (Å²) >= 11 is 0. The molecule has 2 aromatic carbocycles. The molecule has 0 unspecified atom stereocenters. The summed E-state index contributed by atoms with van der Waals surface area (Å²) in [6.45, 7) is 3.39. The normalized spacial score (nSPS) is 10.8. The summed E-state index contributed by atoms with van der Waals surface area (Å²) in [4.78, 5) is 51.4. The lowest BCUT2D eigenvalue weighted by atomic mass is 10.1. The maximum atomic E-state index is 12.7. The molecule has 27 heavy (non-hydrogen) atoms. The average molecular weight is 366 g/mol. The molecule has 2 amide bonds. The summed E-state index contributed by atoms with van der Waals surface area (Å²) in [7, 11) is 0. The monoisotopic (exact) mass is 366 g/mol. The number of H-pyrrole nitrogens is 1. The van der Waals surface area contributed by atoms with Crippen molar-refractivity contribution in [1.29, 1.82) is 0 Å². The number of hydrogen-bond acceptors (Lipinski definition) is 4. The van der Waals surface area contributed by atoms with E-state index in [1.807, 2.05) is 0 Å². The molecular formula is C19H18N4O4. The van der Waals surface area contributed by atoms with Crippen LogP contribution in [0.2, 0.25) is 0 Å². The zero-order valence-corrected chi connectivity index (χ0v) is 14.8. The Morgan fingerprint density at radius 3 is 2.37 bits per heavy atom. The molecule has 138 valence electrons. The highest BCUT2D eigenvalue weighted by molar-refractivity contribution is 5.98. The lowest BCUT2D eigenvalue weighted by molar-refractivity contribution is -0.124. The van der Waals surface area contributed by atoms with Crippen molar-refractivity contribution in [2.45, 2.75) is 13.8 Å². The van der Waals surface area contributed by atoms with Crippen molar-refractivity contribution in [2.24, 2.45) is 5.92 Å². The van der Waals surface area contributed by atoms with E-state index in [0.29, 0.717) is 5.69 Å². The fourth-order valence-corrected chi connectivity index (χ4v) is 2.51. The van der Waals surface area contributed by atoms with Crippen LogP contribution in [0.1, 0.15) is 24.2 Å². The zero-order valence-electron chi connectivity index (χ0n) is 14.8. The van der Waals surface area contributed by atoms with E-state index in [2.05, 4.69) is 15.8 Å². The van der Waals surface area contributed by atoms with E-state index in [4.69, 9.17) is 0 Å². The Hall–Kier alpha value is -3.68. The Labute approximate surface area is 153 Å². The van der Waals surface area contributed by atoms with Crippen molar-refractivity contribution < 1.29 is 9.59 Å². The number of amides is 2. The fourth-order valence-electron chi connectivity index (χ4n) is 2.51. The molecule has 3 N–H and O–H groups in total. The molecule has 1 aromatic heterocycles. The topological polar surface area (TPSA) is 113 Å². The lowest BCUT2D eigenvalue weighted by Gasteiger charge is -2.10. The van der Waals surface area contributed by atoms with Gasteiger partial charge in [0.05, 0.1) is 16.6 Å². The van der Waals surface area contributed by atoms with Gasteiger partial charge in [0.1, 0.15) is 0 Å². The van der Waals surface area contributed by atoms with Gasteiger partial charge in [-0.05, 0) is 30.3 Å². The van der Waals surface area contributed by atoms with E-state index in [0.717, 1.165) is 4.57 Å². The third-order valence-corrected chi connectivity index (χ3v) is 4.00. The lowest BCUT2D eigenvalue weighted by Crippen LogP contribution is -2.43. The fraction of sp³-hybridized carbons (Fsp3) is 0.158. The van der Waals surface area contributed by atoms with Crippen LogP contribution in [-0.2, 0) is 4.79 Å². The third kappa shape index (κ3) is 3.64. The predicted molar refractivity (Wildman–Crippen MR) is 101 cm³/mol. The van der Waals surface area contributed by atoms with E-state index in [-0.39, 0.29) is 28.3 Å². The Balaban J connectivity index is 1.98. The molecule has 1 heterocycles. The molecule has 0 radical (unpaired) electrons. The molecule has 0 atom stereocenters. The summed E-state index contributed by atoms with van der Waals surface area (Å²) in [5, 5.41) is 0.265. The minimum absolute atomic E-state index is 0.194. The van der Waals surface area contributed by atoms with Crippen molar-refractivity contribution in [2.75, 3.05) is 0 Å². The van der Waals surface area contributed by atoms with Gasteiger partial charge in [-0.25, -0.2) is 9.36 Å². The van der Waals surface area contributed by atoms with Gasteiger partial charge < -0.3 is 4.98 Å². The first kappa shape index (κ1) is 18.1. The number of rotatable bonds is 3. The highest BCUT2D eigenvalue weighted by atomic mass is 16.2. The van der Waals surface area contributed by atoms with E-state index in [1.54, 1.807) is 44.2 Å². The SMILES string of the molecule is CC(C)C(=O)NNC(=O)c1ccc2c(=O)n(-c3ccccc3)c(=O)[nH]c2c1. The first-order valence-corrected chi connectivity index (χ1v) is 8.33. The molecule has 3 aromatic rings. The highest BCUT2D eigenvalue weighted by Crippen LogP contribution is 2.10. The molecule has 0 bridgehead atoms. The van der Waals surface area contributed by atoms with Crippen LogP contribution in [0.15, 0.2) is 58.1 Å². The summed E-state index contributed by atoms with van der Waals surface area (Å²) in [5.74, 6) is -1.17. The van der Waals surface area contributed by atoms with Crippen LogP contribution >= 0.6 is 0 Å². The summed E-state index contributed by atoms with van der Waals surface area (Å²) in [6.07, 6.45) is 0. The van der Waals surface area contributed by atoms with E-state index >= 15 is 0 Å². The summed E-state index contributed by atoms with van der Waals surface area (Å²) in [6, 6.07) is 12.9. The quantitative estimate of drug-likeness (QED) is 0.602. The average Bonchev–Trinajstić information content (AvgIpc) is 2.66. The van der Waals surface area contributed by atoms with Crippen molar-refractivity contribution in [1.82, 2.24) is 20.4 Å². The number of aromatic amines is 1. The number of carbonyl (C=O) groups is 2.